The number of anilines is 1. The van der Waals surface area contributed by atoms with Gasteiger partial charge in [-0.25, -0.2) is 4.98 Å². The van der Waals surface area contributed by atoms with Gasteiger partial charge in [-0.05, 0) is 19.1 Å². The van der Waals surface area contributed by atoms with Crippen LogP contribution in [-0.4, -0.2) is 19.7 Å². The monoisotopic (exact) mass is 285 g/mol. The van der Waals surface area contributed by atoms with Crippen LogP contribution < -0.4 is 5.32 Å². The van der Waals surface area contributed by atoms with Crippen LogP contribution in [0.15, 0.2) is 36.8 Å². The molecule has 6 heteroatoms. The van der Waals surface area contributed by atoms with E-state index in [9.17, 15) is 0 Å². The molecule has 2 heterocycles. The maximum atomic E-state index is 4.26. The topological polar surface area (TPSA) is 55.6 Å². The van der Waals surface area contributed by atoms with E-state index in [1.807, 2.05) is 42.9 Å². The number of rotatable bonds is 4. The molecule has 1 aromatic carbocycles. The van der Waals surface area contributed by atoms with E-state index in [-0.39, 0.29) is 0 Å². The zero-order valence-electron chi connectivity index (χ0n) is 11.4. The zero-order chi connectivity index (χ0) is 13.9. The number of nitrogens with one attached hydrogen (secondary N) is 1. The van der Waals surface area contributed by atoms with Gasteiger partial charge in [-0.1, -0.05) is 12.1 Å². The Morgan fingerprint density at radius 1 is 1.35 bits per heavy atom. The fraction of sp³-hybridized carbons (Fsp3) is 0.214. The summed E-state index contributed by atoms with van der Waals surface area (Å²) in [5.41, 5.74) is 2.12. The molecule has 0 fully saturated rings. The van der Waals surface area contributed by atoms with Crippen molar-refractivity contribution in [2.24, 2.45) is 7.05 Å². The molecule has 1 N–H and O–H groups in total. The molecule has 0 amide bonds. The quantitative estimate of drug-likeness (QED) is 0.801. The second-order valence-electron chi connectivity index (χ2n) is 4.55. The molecule has 2 aromatic heterocycles. The van der Waals surface area contributed by atoms with Gasteiger partial charge in [-0.2, -0.15) is 0 Å². The number of benzene rings is 1. The lowest BCUT2D eigenvalue weighted by Crippen LogP contribution is -1.98. The number of aryl methyl sites for hydroxylation is 2. The summed E-state index contributed by atoms with van der Waals surface area (Å²) >= 11 is 1.71. The van der Waals surface area contributed by atoms with Crippen molar-refractivity contribution in [1.29, 1.82) is 0 Å². The smallest absolute Gasteiger partial charge is 0.163 e. The van der Waals surface area contributed by atoms with Crippen LogP contribution in [0.2, 0.25) is 0 Å². The van der Waals surface area contributed by atoms with Gasteiger partial charge in [0.1, 0.15) is 6.33 Å². The number of hydrogen-bond donors (Lipinski definition) is 1. The Morgan fingerprint density at radius 2 is 2.25 bits per heavy atom. The minimum absolute atomic E-state index is 0.785. The van der Waals surface area contributed by atoms with Crippen LogP contribution in [0.5, 0.6) is 0 Å². The van der Waals surface area contributed by atoms with Crippen LogP contribution in [0.25, 0.3) is 11.4 Å². The molecule has 3 rings (SSSR count). The minimum Gasteiger partial charge on any atom is -0.380 e. The van der Waals surface area contributed by atoms with Gasteiger partial charge in [0.05, 0.1) is 11.6 Å². The summed E-state index contributed by atoms with van der Waals surface area (Å²) in [7, 11) is 1.94. The molecule has 0 bridgehead atoms. The molecule has 0 unspecified atom stereocenters. The van der Waals surface area contributed by atoms with E-state index in [4.69, 9.17) is 0 Å². The predicted octanol–water partition coefficient (Wildman–Crippen LogP) is 2.86. The van der Waals surface area contributed by atoms with Crippen molar-refractivity contribution in [3.63, 3.8) is 0 Å². The van der Waals surface area contributed by atoms with Crippen molar-refractivity contribution in [2.45, 2.75) is 13.5 Å². The highest BCUT2D eigenvalue weighted by Crippen LogP contribution is 2.21. The van der Waals surface area contributed by atoms with E-state index in [2.05, 4.69) is 26.6 Å². The van der Waals surface area contributed by atoms with Crippen LogP contribution in [0, 0.1) is 6.92 Å². The van der Waals surface area contributed by atoms with Crippen LogP contribution >= 0.6 is 11.3 Å². The first-order valence-corrected chi connectivity index (χ1v) is 7.13. The molecule has 0 saturated carbocycles. The van der Waals surface area contributed by atoms with Gasteiger partial charge in [-0.3, -0.25) is 0 Å². The summed E-state index contributed by atoms with van der Waals surface area (Å²) in [6.45, 7) is 2.80. The van der Waals surface area contributed by atoms with Gasteiger partial charge >= 0.3 is 0 Å². The van der Waals surface area contributed by atoms with Crippen molar-refractivity contribution in [2.75, 3.05) is 5.32 Å². The first kappa shape index (κ1) is 12.8. The standard InChI is InChI=1S/C14H15N5S/c1-10-15-7-13(20-10)8-16-12-5-3-4-11(6-12)14-18-17-9-19(14)2/h3-7,9,16H,8H2,1-2H3. The normalized spacial score (nSPS) is 10.7. The molecular weight excluding hydrogens is 270 g/mol. The van der Waals surface area contributed by atoms with E-state index >= 15 is 0 Å². The van der Waals surface area contributed by atoms with Crippen LogP contribution in [0.4, 0.5) is 5.69 Å². The highest BCUT2D eigenvalue weighted by Gasteiger charge is 2.05. The Bertz CT molecular complexity index is 716. The summed E-state index contributed by atoms with van der Waals surface area (Å²) in [6, 6.07) is 8.18. The molecule has 102 valence electrons. The number of nitrogens with zero attached hydrogens (tertiary/aromatic N) is 4. The van der Waals surface area contributed by atoms with E-state index in [1.165, 1.54) is 4.88 Å². The predicted molar refractivity (Wildman–Crippen MR) is 80.6 cm³/mol. The average molecular weight is 285 g/mol. The SMILES string of the molecule is Cc1ncc(CNc2cccc(-c3nncn3C)c2)s1. The molecule has 0 atom stereocenters. The third-order valence-electron chi connectivity index (χ3n) is 2.97. The van der Waals surface area contributed by atoms with Gasteiger partial charge < -0.3 is 9.88 Å². The highest BCUT2D eigenvalue weighted by atomic mass is 32.1. The lowest BCUT2D eigenvalue weighted by Gasteiger charge is -2.07. The Kier molecular flexibility index (Phi) is 3.47. The lowest BCUT2D eigenvalue weighted by atomic mass is 10.2. The summed E-state index contributed by atoms with van der Waals surface area (Å²) in [5, 5.41) is 12.5. The van der Waals surface area contributed by atoms with Crippen molar-refractivity contribution in [3.05, 3.63) is 46.7 Å². The van der Waals surface area contributed by atoms with Gasteiger partial charge in [0.25, 0.3) is 0 Å². The number of hydrogen-bond acceptors (Lipinski definition) is 5. The summed E-state index contributed by atoms with van der Waals surface area (Å²) in [6.07, 6.45) is 3.62. The van der Waals surface area contributed by atoms with E-state index in [0.717, 1.165) is 28.6 Å². The second kappa shape index (κ2) is 5.42. The Hall–Kier alpha value is -2.21. The van der Waals surface area contributed by atoms with Gasteiger partial charge in [0.15, 0.2) is 5.82 Å². The van der Waals surface area contributed by atoms with Crippen LogP contribution in [-0.2, 0) is 13.6 Å². The number of thiazole rings is 1. The number of aromatic nitrogens is 4. The first-order valence-electron chi connectivity index (χ1n) is 6.32. The Labute approximate surface area is 121 Å². The van der Waals surface area contributed by atoms with E-state index < -0.39 is 0 Å². The van der Waals surface area contributed by atoms with Crippen molar-refractivity contribution in [3.8, 4) is 11.4 Å². The van der Waals surface area contributed by atoms with Gasteiger partial charge in [-0.15, -0.1) is 21.5 Å². The van der Waals surface area contributed by atoms with Gasteiger partial charge in [0.2, 0.25) is 0 Å². The van der Waals surface area contributed by atoms with Crippen LogP contribution in [0.3, 0.4) is 0 Å². The molecule has 0 spiro atoms. The molecule has 20 heavy (non-hydrogen) atoms. The Morgan fingerprint density at radius 3 is 2.95 bits per heavy atom. The maximum Gasteiger partial charge on any atom is 0.163 e. The zero-order valence-corrected chi connectivity index (χ0v) is 12.2. The molecule has 0 aliphatic carbocycles. The Balaban J connectivity index is 1.76. The molecule has 0 saturated heterocycles. The maximum absolute atomic E-state index is 4.26. The molecular formula is C14H15N5S. The molecule has 0 aliphatic heterocycles. The molecule has 3 aromatic rings. The molecule has 5 nitrogen and oxygen atoms in total. The third kappa shape index (κ3) is 2.70. The fourth-order valence-electron chi connectivity index (χ4n) is 1.99. The summed E-state index contributed by atoms with van der Waals surface area (Å²) in [5.74, 6) is 0.863. The van der Waals surface area contributed by atoms with Crippen molar-refractivity contribution >= 4 is 17.0 Å². The largest absolute Gasteiger partial charge is 0.380 e. The summed E-state index contributed by atoms with van der Waals surface area (Å²) < 4.78 is 1.91. The first-order chi connectivity index (χ1) is 9.72. The molecule has 0 radical (unpaired) electrons. The average Bonchev–Trinajstić information content (AvgIpc) is 3.05. The van der Waals surface area contributed by atoms with Crippen molar-refractivity contribution in [1.82, 2.24) is 19.7 Å². The molecule has 0 aliphatic rings. The summed E-state index contributed by atoms with van der Waals surface area (Å²) in [4.78, 5) is 5.48. The minimum atomic E-state index is 0.785. The fourth-order valence-corrected chi connectivity index (χ4v) is 2.72. The second-order valence-corrected chi connectivity index (χ2v) is 5.86. The highest BCUT2D eigenvalue weighted by molar-refractivity contribution is 7.11. The lowest BCUT2D eigenvalue weighted by molar-refractivity contribution is 0.920. The van der Waals surface area contributed by atoms with Crippen LogP contribution in [0.1, 0.15) is 9.88 Å². The van der Waals surface area contributed by atoms with E-state index in [0.29, 0.717) is 0 Å². The van der Waals surface area contributed by atoms with Crippen molar-refractivity contribution < 1.29 is 0 Å². The van der Waals surface area contributed by atoms with Gasteiger partial charge in [0, 0.05) is 29.4 Å². The van der Waals surface area contributed by atoms with E-state index in [1.54, 1.807) is 17.7 Å². The third-order valence-corrected chi connectivity index (χ3v) is 3.88.